The van der Waals surface area contributed by atoms with Gasteiger partial charge in [0.05, 0.1) is 0 Å². The predicted octanol–water partition coefficient (Wildman–Crippen LogP) is -0.501. The van der Waals surface area contributed by atoms with Crippen molar-refractivity contribution in [2.24, 2.45) is 0 Å². The van der Waals surface area contributed by atoms with Crippen molar-refractivity contribution in [2.45, 2.75) is 18.9 Å². The molecule has 1 atom stereocenters. The first-order valence-electron chi connectivity index (χ1n) is 5.46. The fourth-order valence-corrected chi connectivity index (χ4v) is 1.48. The molecule has 0 aromatic rings. The molecule has 2 amide bonds. The van der Waals surface area contributed by atoms with Crippen LogP contribution in [0.15, 0.2) is 12.2 Å². The zero-order chi connectivity index (χ0) is 12.0. The number of rotatable bonds is 4. The van der Waals surface area contributed by atoms with Gasteiger partial charge in [0.2, 0.25) is 11.8 Å². The Bertz CT molecular complexity index is 277. The van der Waals surface area contributed by atoms with Crippen molar-refractivity contribution in [1.82, 2.24) is 15.5 Å². The first-order chi connectivity index (χ1) is 7.58. The summed E-state index contributed by atoms with van der Waals surface area (Å²) in [5.74, 6) is -0.0309. The molecule has 2 N–H and O–H groups in total. The Morgan fingerprint density at radius 1 is 1.62 bits per heavy atom. The SMILES string of the molecule is CN(C)C/C=C/C(=O)NC1CCC(=O)NC1. The van der Waals surface area contributed by atoms with Gasteiger partial charge in [0, 0.05) is 31.6 Å². The van der Waals surface area contributed by atoms with Gasteiger partial charge in [0.25, 0.3) is 0 Å². The highest BCUT2D eigenvalue weighted by Gasteiger charge is 2.18. The number of amides is 2. The third-order valence-corrected chi connectivity index (χ3v) is 2.35. The van der Waals surface area contributed by atoms with Gasteiger partial charge in [-0.25, -0.2) is 0 Å². The Morgan fingerprint density at radius 3 is 2.94 bits per heavy atom. The van der Waals surface area contributed by atoms with Gasteiger partial charge in [-0.05, 0) is 20.5 Å². The van der Waals surface area contributed by atoms with Gasteiger partial charge in [0.15, 0.2) is 0 Å². The number of carbonyl (C=O) groups is 2. The maximum absolute atomic E-state index is 11.4. The van der Waals surface area contributed by atoms with E-state index in [2.05, 4.69) is 10.6 Å². The Labute approximate surface area is 95.9 Å². The first-order valence-corrected chi connectivity index (χ1v) is 5.46. The Morgan fingerprint density at radius 2 is 2.38 bits per heavy atom. The van der Waals surface area contributed by atoms with Gasteiger partial charge in [-0.3, -0.25) is 9.59 Å². The average Bonchev–Trinajstić information content (AvgIpc) is 2.21. The normalized spacial score (nSPS) is 21.2. The smallest absolute Gasteiger partial charge is 0.243 e. The van der Waals surface area contributed by atoms with Gasteiger partial charge in [0.1, 0.15) is 0 Å². The highest BCUT2D eigenvalue weighted by atomic mass is 16.2. The minimum Gasteiger partial charge on any atom is -0.354 e. The molecule has 1 saturated heterocycles. The Hall–Kier alpha value is -1.36. The second kappa shape index (κ2) is 6.27. The third-order valence-electron chi connectivity index (χ3n) is 2.35. The summed E-state index contributed by atoms with van der Waals surface area (Å²) in [7, 11) is 3.89. The van der Waals surface area contributed by atoms with Crippen molar-refractivity contribution in [3.63, 3.8) is 0 Å². The van der Waals surface area contributed by atoms with Crippen molar-refractivity contribution in [3.05, 3.63) is 12.2 Å². The molecule has 0 bridgehead atoms. The molecule has 0 aromatic heterocycles. The van der Waals surface area contributed by atoms with E-state index in [1.165, 1.54) is 6.08 Å². The van der Waals surface area contributed by atoms with E-state index in [1.807, 2.05) is 25.1 Å². The molecular weight excluding hydrogens is 206 g/mol. The summed E-state index contributed by atoms with van der Waals surface area (Å²) in [6.07, 6.45) is 4.57. The number of piperidine rings is 1. The minimum absolute atomic E-state index is 0.0636. The zero-order valence-electron chi connectivity index (χ0n) is 9.82. The second-order valence-electron chi connectivity index (χ2n) is 4.21. The van der Waals surface area contributed by atoms with Crippen LogP contribution in [0.5, 0.6) is 0 Å². The van der Waals surface area contributed by atoms with Crippen LogP contribution in [0.25, 0.3) is 0 Å². The van der Waals surface area contributed by atoms with Crippen molar-refractivity contribution in [3.8, 4) is 0 Å². The molecule has 90 valence electrons. The van der Waals surface area contributed by atoms with Crippen LogP contribution in [-0.4, -0.2) is 49.9 Å². The summed E-state index contributed by atoms with van der Waals surface area (Å²) in [4.78, 5) is 24.3. The predicted molar refractivity (Wildman–Crippen MR) is 61.9 cm³/mol. The standard InChI is InChI=1S/C11H19N3O2/c1-14(2)7-3-4-11(16)13-9-5-6-10(15)12-8-9/h3-4,9H,5-8H2,1-2H3,(H,12,15)(H,13,16)/b4-3+. The van der Waals surface area contributed by atoms with Gasteiger partial charge >= 0.3 is 0 Å². The lowest BCUT2D eigenvalue weighted by Gasteiger charge is -2.22. The van der Waals surface area contributed by atoms with Crippen LogP contribution < -0.4 is 10.6 Å². The summed E-state index contributed by atoms with van der Waals surface area (Å²) >= 11 is 0. The molecule has 0 saturated carbocycles. The maximum Gasteiger partial charge on any atom is 0.243 e. The highest BCUT2D eigenvalue weighted by Crippen LogP contribution is 2.02. The molecule has 1 aliphatic heterocycles. The molecule has 16 heavy (non-hydrogen) atoms. The van der Waals surface area contributed by atoms with Crippen LogP contribution in [-0.2, 0) is 9.59 Å². The van der Waals surface area contributed by atoms with Crippen LogP contribution in [0.2, 0.25) is 0 Å². The van der Waals surface area contributed by atoms with E-state index in [4.69, 9.17) is 0 Å². The summed E-state index contributed by atoms with van der Waals surface area (Å²) < 4.78 is 0. The lowest BCUT2D eigenvalue weighted by Crippen LogP contribution is -2.47. The summed E-state index contributed by atoms with van der Waals surface area (Å²) in [6.45, 7) is 1.28. The summed E-state index contributed by atoms with van der Waals surface area (Å²) in [6, 6.07) is 0.0641. The average molecular weight is 225 g/mol. The second-order valence-corrected chi connectivity index (χ2v) is 4.21. The van der Waals surface area contributed by atoms with Crippen LogP contribution in [0, 0.1) is 0 Å². The monoisotopic (exact) mass is 225 g/mol. The molecule has 5 heteroatoms. The van der Waals surface area contributed by atoms with E-state index in [0.717, 1.165) is 13.0 Å². The van der Waals surface area contributed by atoms with Crippen molar-refractivity contribution in [1.29, 1.82) is 0 Å². The van der Waals surface area contributed by atoms with E-state index in [-0.39, 0.29) is 17.9 Å². The van der Waals surface area contributed by atoms with Crippen LogP contribution in [0.1, 0.15) is 12.8 Å². The topological polar surface area (TPSA) is 61.4 Å². The van der Waals surface area contributed by atoms with Crippen molar-refractivity contribution < 1.29 is 9.59 Å². The largest absolute Gasteiger partial charge is 0.354 e. The lowest BCUT2D eigenvalue weighted by molar-refractivity contribution is -0.124. The number of carbonyl (C=O) groups excluding carboxylic acids is 2. The summed E-state index contributed by atoms with van der Waals surface area (Å²) in [5, 5.41) is 5.58. The van der Waals surface area contributed by atoms with Crippen LogP contribution in [0.4, 0.5) is 0 Å². The Balaban J connectivity index is 2.23. The number of nitrogens with one attached hydrogen (secondary N) is 2. The van der Waals surface area contributed by atoms with E-state index >= 15 is 0 Å². The third kappa shape index (κ3) is 4.93. The molecule has 1 heterocycles. The van der Waals surface area contributed by atoms with Crippen molar-refractivity contribution in [2.75, 3.05) is 27.2 Å². The number of hydrogen-bond donors (Lipinski definition) is 2. The number of hydrogen-bond acceptors (Lipinski definition) is 3. The van der Waals surface area contributed by atoms with Gasteiger partial charge in [-0.15, -0.1) is 0 Å². The fraction of sp³-hybridized carbons (Fsp3) is 0.636. The molecule has 5 nitrogen and oxygen atoms in total. The molecule has 1 rings (SSSR count). The first kappa shape index (κ1) is 12.7. The van der Waals surface area contributed by atoms with Gasteiger partial charge in [-0.2, -0.15) is 0 Å². The van der Waals surface area contributed by atoms with Gasteiger partial charge < -0.3 is 15.5 Å². The van der Waals surface area contributed by atoms with E-state index in [1.54, 1.807) is 0 Å². The highest BCUT2D eigenvalue weighted by molar-refractivity contribution is 5.88. The molecule has 0 aliphatic carbocycles. The molecule has 0 aromatic carbocycles. The number of likely N-dealkylation sites (N-methyl/N-ethyl adjacent to an activating group) is 1. The molecule has 1 aliphatic rings. The molecule has 1 unspecified atom stereocenters. The molecule has 0 radical (unpaired) electrons. The molecular formula is C11H19N3O2. The minimum atomic E-state index is -0.0944. The maximum atomic E-state index is 11.4. The van der Waals surface area contributed by atoms with Crippen molar-refractivity contribution >= 4 is 11.8 Å². The van der Waals surface area contributed by atoms with E-state index < -0.39 is 0 Å². The van der Waals surface area contributed by atoms with E-state index in [0.29, 0.717) is 13.0 Å². The molecule has 1 fully saturated rings. The summed E-state index contributed by atoms with van der Waals surface area (Å²) in [5.41, 5.74) is 0. The lowest BCUT2D eigenvalue weighted by atomic mass is 10.1. The quantitative estimate of drug-likeness (QED) is 0.634. The zero-order valence-corrected chi connectivity index (χ0v) is 9.82. The van der Waals surface area contributed by atoms with Crippen LogP contribution in [0.3, 0.4) is 0 Å². The Kier molecular flexibility index (Phi) is 4.98. The van der Waals surface area contributed by atoms with Gasteiger partial charge in [-0.1, -0.05) is 6.08 Å². The van der Waals surface area contributed by atoms with Crippen LogP contribution >= 0.6 is 0 Å². The number of nitrogens with zero attached hydrogens (tertiary/aromatic N) is 1. The molecule has 0 spiro atoms. The fourth-order valence-electron chi connectivity index (χ4n) is 1.48. The van der Waals surface area contributed by atoms with E-state index in [9.17, 15) is 9.59 Å².